The minimum atomic E-state index is -0.320. The largest absolute Gasteiger partial charge is 0.310 e. The minimum Gasteiger partial charge on any atom is -0.310 e. The molecule has 0 fully saturated rings. The van der Waals surface area contributed by atoms with Crippen molar-refractivity contribution in [3.8, 4) is 0 Å². The Balaban J connectivity index is 2.31. The van der Waals surface area contributed by atoms with Crippen LogP contribution in [0.3, 0.4) is 0 Å². The minimum absolute atomic E-state index is 0.0496. The molecular formula is C16H17BrN2O2. The highest BCUT2D eigenvalue weighted by Crippen LogP contribution is 2.26. The average molecular weight is 349 g/mol. The van der Waals surface area contributed by atoms with Gasteiger partial charge in [-0.15, -0.1) is 0 Å². The molecule has 2 rings (SSSR count). The van der Waals surface area contributed by atoms with Crippen LogP contribution in [0.25, 0.3) is 0 Å². The third-order valence-corrected chi connectivity index (χ3v) is 3.81. The number of nitrogens with zero attached hydrogens (tertiary/aromatic N) is 1. The fourth-order valence-electron chi connectivity index (χ4n) is 2.36. The fourth-order valence-corrected chi connectivity index (χ4v) is 2.78. The summed E-state index contributed by atoms with van der Waals surface area (Å²) in [6.45, 7) is 2.84. The highest BCUT2D eigenvalue weighted by atomic mass is 79.9. The van der Waals surface area contributed by atoms with E-state index in [4.69, 9.17) is 0 Å². The van der Waals surface area contributed by atoms with E-state index >= 15 is 0 Å². The molecule has 2 aromatic carbocycles. The summed E-state index contributed by atoms with van der Waals surface area (Å²) in [4.78, 5) is 10.8. The molecule has 21 heavy (non-hydrogen) atoms. The van der Waals surface area contributed by atoms with Crippen LogP contribution in [0.15, 0.2) is 53.0 Å². The van der Waals surface area contributed by atoms with Crippen LogP contribution < -0.4 is 5.32 Å². The molecule has 0 aromatic heterocycles. The smallest absolute Gasteiger partial charge is 0.272 e. The van der Waals surface area contributed by atoms with Crippen LogP contribution in [-0.2, 0) is 6.42 Å². The zero-order valence-electron chi connectivity index (χ0n) is 11.8. The third-order valence-electron chi connectivity index (χ3n) is 3.31. The van der Waals surface area contributed by atoms with E-state index in [2.05, 4.69) is 21.2 Å². The van der Waals surface area contributed by atoms with Gasteiger partial charge in [-0.1, -0.05) is 53.2 Å². The Morgan fingerprint density at radius 1 is 1.24 bits per heavy atom. The molecule has 1 unspecified atom stereocenters. The summed E-state index contributed by atoms with van der Waals surface area (Å²) in [7, 11) is 0. The number of para-hydroxylation sites is 1. The molecule has 0 aliphatic heterocycles. The lowest BCUT2D eigenvalue weighted by Gasteiger charge is -2.18. The quantitative estimate of drug-likeness (QED) is 0.627. The Bertz CT molecular complexity index is 631. The number of rotatable bonds is 6. The van der Waals surface area contributed by atoms with Crippen molar-refractivity contribution in [2.45, 2.75) is 19.4 Å². The number of hydrogen-bond donors (Lipinski definition) is 1. The van der Waals surface area contributed by atoms with E-state index in [1.165, 1.54) is 0 Å². The Morgan fingerprint density at radius 2 is 2.00 bits per heavy atom. The molecule has 0 aliphatic rings. The molecule has 4 nitrogen and oxygen atoms in total. The van der Waals surface area contributed by atoms with Gasteiger partial charge in [-0.25, -0.2) is 0 Å². The lowest BCUT2D eigenvalue weighted by Crippen LogP contribution is -2.23. The number of benzene rings is 2. The second-order valence-corrected chi connectivity index (χ2v) is 5.67. The molecule has 0 amide bonds. The summed E-state index contributed by atoms with van der Waals surface area (Å²) in [6, 6.07) is 15.0. The highest BCUT2D eigenvalue weighted by Gasteiger charge is 2.18. The van der Waals surface area contributed by atoms with Crippen LogP contribution in [0.4, 0.5) is 5.69 Å². The Labute approximate surface area is 132 Å². The molecule has 1 N–H and O–H groups in total. The van der Waals surface area contributed by atoms with Gasteiger partial charge in [0, 0.05) is 22.1 Å². The van der Waals surface area contributed by atoms with E-state index in [9.17, 15) is 10.1 Å². The van der Waals surface area contributed by atoms with Gasteiger partial charge in [0.15, 0.2) is 0 Å². The first-order chi connectivity index (χ1) is 10.1. The van der Waals surface area contributed by atoms with Gasteiger partial charge in [0.2, 0.25) is 0 Å². The summed E-state index contributed by atoms with van der Waals surface area (Å²) in [6.07, 6.45) is 0.585. The average Bonchev–Trinajstić information content (AvgIpc) is 2.47. The molecule has 0 saturated heterocycles. The van der Waals surface area contributed by atoms with Crippen LogP contribution in [0.1, 0.15) is 24.1 Å². The Kier molecular flexibility index (Phi) is 5.47. The number of likely N-dealkylation sites (N-methyl/N-ethyl adjacent to an activating group) is 1. The van der Waals surface area contributed by atoms with Crippen molar-refractivity contribution in [1.82, 2.24) is 5.32 Å². The molecule has 0 aliphatic carbocycles. The van der Waals surface area contributed by atoms with Crippen molar-refractivity contribution in [2.75, 3.05) is 6.54 Å². The molecule has 0 spiro atoms. The molecule has 0 radical (unpaired) electrons. The van der Waals surface area contributed by atoms with Crippen molar-refractivity contribution in [1.29, 1.82) is 0 Å². The van der Waals surface area contributed by atoms with Crippen LogP contribution in [0.2, 0.25) is 0 Å². The molecule has 2 aromatic rings. The highest BCUT2D eigenvalue weighted by molar-refractivity contribution is 9.10. The number of nitro groups is 1. The zero-order chi connectivity index (χ0) is 15.2. The molecular weight excluding hydrogens is 332 g/mol. The summed E-state index contributed by atoms with van der Waals surface area (Å²) >= 11 is 3.47. The summed E-state index contributed by atoms with van der Waals surface area (Å²) in [5, 5.41) is 14.5. The van der Waals surface area contributed by atoms with E-state index in [0.717, 1.165) is 22.1 Å². The van der Waals surface area contributed by atoms with Gasteiger partial charge in [0.25, 0.3) is 5.69 Å². The van der Waals surface area contributed by atoms with Crippen molar-refractivity contribution in [3.05, 3.63) is 74.2 Å². The molecule has 1 atom stereocenters. The van der Waals surface area contributed by atoms with E-state index in [0.29, 0.717) is 6.42 Å². The monoisotopic (exact) mass is 348 g/mol. The van der Waals surface area contributed by atoms with E-state index in [1.807, 2.05) is 43.3 Å². The predicted molar refractivity (Wildman–Crippen MR) is 87.4 cm³/mol. The van der Waals surface area contributed by atoms with Crippen LogP contribution in [0, 0.1) is 10.1 Å². The maximum absolute atomic E-state index is 11.1. The van der Waals surface area contributed by atoms with Crippen LogP contribution in [0.5, 0.6) is 0 Å². The lowest BCUT2D eigenvalue weighted by molar-refractivity contribution is -0.385. The van der Waals surface area contributed by atoms with Gasteiger partial charge in [0.05, 0.1) is 4.92 Å². The van der Waals surface area contributed by atoms with Crippen molar-refractivity contribution in [2.24, 2.45) is 0 Å². The molecule has 0 heterocycles. The standard InChI is InChI=1S/C16H17BrN2O2/c1-2-18-15(12-7-5-8-14(17)10-12)11-13-6-3-4-9-16(13)19(20)21/h3-10,15,18H,2,11H2,1H3. The van der Waals surface area contributed by atoms with E-state index in [-0.39, 0.29) is 16.7 Å². The first-order valence-electron chi connectivity index (χ1n) is 6.83. The van der Waals surface area contributed by atoms with Crippen LogP contribution >= 0.6 is 15.9 Å². The summed E-state index contributed by atoms with van der Waals surface area (Å²) in [5.74, 6) is 0. The van der Waals surface area contributed by atoms with Crippen molar-refractivity contribution >= 4 is 21.6 Å². The maximum atomic E-state index is 11.1. The summed E-state index contributed by atoms with van der Waals surface area (Å²) in [5.41, 5.74) is 2.04. The Hall–Kier alpha value is -1.72. The topological polar surface area (TPSA) is 55.2 Å². The molecule has 0 bridgehead atoms. The van der Waals surface area contributed by atoms with E-state index < -0.39 is 0 Å². The number of nitrogens with one attached hydrogen (secondary N) is 1. The van der Waals surface area contributed by atoms with Gasteiger partial charge in [-0.2, -0.15) is 0 Å². The second kappa shape index (κ2) is 7.33. The maximum Gasteiger partial charge on any atom is 0.272 e. The summed E-state index contributed by atoms with van der Waals surface area (Å²) < 4.78 is 1.01. The molecule has 0 saturated carbocycles. The van der Waals surface area contributed by atoms with Gasteiger partial charge in [-0.3, -0.25) is 10.1 Å². The first-order valence-corrected chi connectivity index (χ1v) is 7.62. The number of nitro benzene ring substituents is 1. The SMILES string of the molecule is CCNC(Cc1ccccc1[N+](=O)[O-])c1cccc(Br)c1. The van der Waals surface area contributed by atoms with Gasteiger partial charge < -0.3 is 5.32 Å². The van der Waals surface area contributed by atoms with Gasteiger partial charge in [0.1, 0.15) is 0 Å². The first kappa shape index (κ1) is 15.7. The van der Waals surface area contributed by atoms with Crippen molar-refractivity contribution in [3.63, 3.8) is 0 Å². The second-order valence-electron chi connectivity index (χ2n) is 4.76. The number of hydrogen-bond acceptors (Lipinski definition) is 3. The number of halogens is 1. The third kappa shape index (κ3) is 4.12. The molecule has 110 valence electrons. The zero-order valence-corrected chi connectivity index (χ0v) is 13.3. The normalized spacial score (nSPS) is 12.1. The lowest BCUT2D eigenvalue weighted by atomic mass is 9.98. The van der Waals surface area contributed by atoms with Gasteiger partial charge >= 0.3 is 0 Å². The molecule has 5 heteroatoms. The predicted octanol–water partition coefficient (Wildman–Crippen LogP) is 4.25. The van der Waals surface area contributed by atoms with Crippen LogP contribution in [-0.4, -0.2) is 11.5 Å². The van der Waals surface area contributed by atoms with E-state index in [1.54, 1.807) is 12.1 Å². The van der Waals surface area contributed by atoms with Gasteiger partial charge in [-0.05, 0) is 30.7 Å². The van der Waals surface area contributed by atoms with Crippen molar-refractivity contribution < 1.29 is 4.92 Å². The Morgan fingerprint density at radius 3 is 2.67 bits per heavy atom. The fraction of sp³-hybridized carbons (Fsp3) is 0.250.